The summed E-state index contributed by atoms with van der Waals surface area (Å²) in [6.45, 7) is 3.93. The van der Waals surface area contributed by atoms with E-state index in [0.717, 1.165) is 11.1 Å². The monoisotopic (exact) mass is 315 g/mol. The summed E-state index contributed by atoms with van der Waals surface area (Å²) < 4.78 is 15.1. The molecule has 1 unspecified atom stereocenters. The Balaban J connectivity index is 2.14. The fourth-order valence-electron chi connectivity index (χ4n) is 2.92. The second-order valence-corrected chi connectivity index (χ2v) is 5.43. The van der Waals surface area contributed by atoms with Crippen LogP contribution in [0.1, 0.15) is 24.0 Å². The summed E-state index contributed by atoms with van der Waals surface area (Å²) in [6.07, 6.45) is -0.824. The highest BCUT2D eigenvalue weighted by molar-refractivity contribution is 5.95. The van der Waals surface area contributed by atoms with Crippen molar-refractivity contribution in [2.45, 2.75) is 19.8 Å². The summed E-state index contributed by atoms with van der Waals surface area (Å²) in [5, 5.41) is 3.09. The highest BCUT2D eigenvalue weighted by Gasteiger charge is 2.41. The van der Waals surface area contributed by atoms with E-state index in [4.69, 9.17) is 9.47 Å². The second kappa shape index (κ2) is 5.79. The van der Waals surface area contributed by atoms with Crippen molar-refractivity contribution in [3.8, 4) is 0 Å². The number of carbonyl (C=O) groups excluding carboxylic acids is 2. The van der Waals surface area contributed by atoms with E-state index in [1.54, 1.807) is 6.92 Å². The molecular formula is C17H17NO5. The lowest BCUT2D eigenvalue weighted by Gasteiger charge is -2.28. The van der Waals surface area contributed by atoms with Gasteiger partial charge in [0, 0.05) is 0 Å². The number of dihydropyridines is 1. The van der Waals surface area contributed by atoms with Gasteiger partial charge in [-0.1, -0.05) is 24.3 Å². The van der Waals surface area contributed by atoms with Crippen molar-refractivity contribution in [2.24, 2.45) is 0 Å². The Morgan fingerprint density at radius 2 is 2.04 bits per heavy atom. The molecule has 6 nitrogen and oxygen atoms in total. The molecule has 120 valence electrons. The van der Waals surface area contributed by atoms with Crippen molar-refractivity contribution < 1.29 is 23.8 Å². The van der Waals surface area contributed by atoms with Gasteiger partial charge in [-0.3, -0.25) is 0 Å². The largest absolute Gasteiger partial charge is 0.513 e. The number of hydrogen-bond donors (Lipinski definition) is 1. The minimum atomic E-state index is -0.824. The predicted molar refractivity (Wildman–Crippen MR) is 81.2 cm³/mol. The van der Waals surface area contributed by atoms with E-state index in [2.05, 4.69) is 10.1 Å². The molecule has 0 radical (unpaired) electrons. The number of rotatable bonds is 2. The number of nitrogens with one attached hydrogen (secondary N) is 1. The van der Waals surface area contributed by atoms with Gasteiger partial charge in [-0.05, 0) is 25.0 Å². The zero-order valence-corrected chi connectivity index (χ0v) is 13.1. The molecule has 1 N–H and O–H groups in total. The average Bonchev–Trinajstić information content (AvgIpc) is 2.89. The number of methoxy groups -OCH3 is 1. The van der Waals surface area contributed by atoms with E-state index < -0.39 is 18.0 Å². The van der Waals surface area contributed by atoms with E-state index in [9.17, 15) is 9.59 Å². The molecule has 0 saturated carbocycles. The first-order chi connectivity index (χ1) is 11.0. The predicted octanol–water partition coefficient (Wildman–Crippen LogP) is 2.51. The highest BCUT2D eigenvalue weighted by atomic mass is 16.7. The summed E-state index contributed by atoms with van der Waals surface area (Å²) in [5.41, 5.74) is 3.71. The maximum Gasteiger partial charge on any atom is 0.513 e. The van der Waals surface area contributed by atoms with Gasteiger partial charge in [0.1, 0.15) is 12.4 Å². The summed E-state index contributed by atoms with van der Waals surface area (Å²) in [7, 11) is 1.24. The lowest BCUT2D eigenvalue weighted by molar-refractivity contribution is -0.136. The molecule has 2 aliphatic heterocycles. The Hall–Kier alpha value is -2.76. The van der Waals surface area contributed by atoms with Crippen LogP contribution >= 0.6 is 0 Å². The number of benzene rings is 1. The Morgan fingerprint density at radius 1 is 1.30 bits per heavy atom. The normalized spacial score (nSPS) is 20.0. The molecule has 0 bridgehead atoms. The van der Waals surface area contributed by atoms with Gasteiger partial charge in [0.2, 0.25) is 0 Å². The van der Waals surface area contributed by atoms with Gasteiger partial charge in [-0.25, -0.2) is 9.59 Å². The van der Waals surface area contributed by atoms with Gasteiger partial charge >= 0.3 is 12.1 Å². The van der Waals surface area contributed by atoms with Crippen LogP contribution in [0.25, 0.3) is 0 Å². The van der Waals surface area contributed by atoms with Crippen LogP contribution in [0.2, 0.25) is 0 Å². The third-order valence-corrected chi connectivity index (χ3v) is 4.01. The quantitative estimate of drug-likeness (QED) is 0.845. The van der Waals surface area contributed by atoms with Crippen molar-refractivity contribution in [2.75, 3.05) is 13.7 Å². The van der Waals surface area contributed by atoms with Crippen molar-refractivity contribution in [3.63, 3.8) is 0 Å². The molecule has 2 aliphatic rings. The van der Waals surface area contributed by atoms with Crippen LogP contribution in [0.15, 0.2) is 47.0 Å². The first kappa shape index (κ1) is 15.1. The molecule has 0 aliphatic carbocycles. The number of ether oxygens (including phenoxy) is 3. The number of hydrogen-bond acceptors (Lipinski definition) is 6. The Labute approximate surface area is 133 Å². The minimum Gasteiger partial charge on any atom is -0.456 e. The van der Waals surface area contributed by atoms with Crippen LogP contribution in [0.3, 0.4) is 0 Å². The number of cyclic esters (lactones) is 1. The van der Waals surface area contributed by atoms with Crippen molar-refractivity contribution >= 4 is 12.1 Å². The molecule has 1 aromatic rings. The Bertz CT molecular complexity index is 747. The third kappa shape index (κ3) is 2.56. The van der Waals surface area contributed by atoms with Gasteiger partial charge in [0.05, 0.1) is 30.0 Å². The molecule has 0 aromatic heterocycles. The van der Waals surface area contributed by atoms with E-state index in [0.29, 0.717) is 22.7 Å². The summed E-state index contributed by atoms with van der Waals surface area (Å²) in [4.78, 5) is 23.8. The number of aryl methyl sites for hydroxylation is 1. The third-order valence-electron chi connectivity index (χ3n) is 4.01. The second-order valence-electron chi connectivity index (χ2n) is 5.43. The minimum absolute atomic E-state index is 0.194. The average molecular weight is 315 g/mol. The molecule has 3 rings (SSSR count). The molecule has 2 heterocycles. The molecule has 1 atom stereocenters. The lowest BCUT2D eigenvalue weighted by atomic mass is 9.83. The van der Waals surface area contributed by atoms with Crippen molar-refractivity contribution in [3.05, 3.63) is 58.1 Å². The van der Waals surface area contributed by atoms with Gasteiger partial charge < -0.3 is 19.5 Å². The van der Waals surface area contributed by atoms with Crippen molar-refractivity contribution in [1.29, 1.82) is 0 Å². The maximum atomic E-state index is 12.2. The molecule has 0 fully saturated rings. The van der Waals surface area contributed by atoms with E-state index in [-0.39, 0.29) is 6.61 Å². The molecule has 1 aromatic carbocycles. The summed E-state index contributed by atoms with van der Waals surface area (Å²) >= 11 is 0. The van der Waals surface area contributed by atoms with Gasteiger partial charge in [-0.15, -0.1) is 0 Å². The number of carbonyl (C=O) groups is 2. The maximum absolute atomic E-state index is 12.2. The van der Waals surface area contributed by atoms with E-state index in [1.807, 2.05) is 31.2 Å². The zero-order valence-electron chi connectivity index (χ0n) is 13.1. The molecular weight excluding hydrogens is 298 g/mol. The van der Waals surface area contributed by atoms with Crippen LogP contribution in [0.5, 0.6) is 0 Å². The SMILES string of the molecule is COC(=O)OC1=C(C)NC2=C(C(=O)OC2)C1c1ccccc1C. The van der Waals surface area contributed by atoms with Gasteiger partial charge in [0.25, 0.3) is 0 Å². The molecule has 0 saturated heterocycles. The fraction of sp³-hybridized carbons (Fsp3) is 0.294. The smallest absolute Gasteiger partial charge is 0.456 e. The van der Waals surface area contributed by atoms with Crippen LogP contribution in [0, 0.1) is 6.92 Å². The lowest BCUT2D eigenvalue weighted by Crippen LogP contribution is -2.28. The van der Waals surface area contributed by atoms with Gasteiger partial charge in [-0.2, -0.15) is 0 Å². The standard InChI is InChI=1S/C17H17NO5/c1-9-6-4-5-7-11(9)13-14-12(8-22-16(14)19)18-10(2)15(13)23-17(20)21-3/h4-7,13,18H,8H2,1-3H3. The van der Waals surface area contributed by atoms with Crippen LogP contribution in [-0.4, -0.2) is 25.8 Å². The van der Waals surface area contributed by atoms with Crippen LogP contribution in [-0.2, 0) is 19.0 Å². The molecule has 6 heteroatoms. The van der Waals surface area contributed by atoms with Crippen LogP contribution in [0.4, 0.5) is 4.79 Å². The first-order valence-electron chi connectivity index (χ1n) is 7.22. The molecule has 0 spiro atoms. The first-order valence-corrected chi connectivity index (χ1v) is 7.22. The van der Waals surface area contributed by atoms with Gasteiger partial charge in [0.15, 0.2) is 0 Å². The van der Waals surface area contributed by atoms with E-state index in [1.165, 1.54) is 7.11 Å². The highest BCUT2D eigenvalue weighted by Crippen LogP contribution is 2.42. The zero-order chi connectivity index (χ0) is 16.6. The van der Waals surface area contributed by atoms with E-state index >= 15 is 0 Å². The number of esters is 1. The van der Waals surface area contributed by atoms with Crippen LogP contribution < -0.4 is 5.32 Å². The topological polar surface area (TPSA) is 73.9 Å². The number of allylic oxidation sites excluding steroid dienone is 2. The Kier molecular flexibility index (Phi) is 3.82. The molecule has 23 heavy (non-hydrogen) atoms. The molecule has 0 amide bonds. The summed E-state index contributed by atoms with van der Waals surface area (Å²) in [6, 6.07) is 7.66. The Morgan fingerprint density at radius 3 is 2.74 bits per heavy atom. The summed E-state index contributed by atoms with van der Waals surface area (Å²) in [5.74, 6) is -0.551. The fourth-order valence-corrected chi connectivity index (χ4v) is 2.92. The van der Waals surface area contributed by atoms with Crippen molar-refractivity contribution in [1.82, 2.24) is 5.32 Å².